The highest BCUT2D eigenvalue weighted by atomic mass is 16.2. The number of rotatable bonds is 7. The van der Waals surface area contributed by atoms with Crippen molar-refractivity contribution in [2.45, 2.75) is 32.2 Å². The third kappa shape index (κ3) is 4.64. The van der Waals surface area contributed by atoms with Crippen molar-refractivity contribution in [3.05, 3.63) is 30.1 Å². The number of nitrogens with one attached hydrogen (secondary N) is 1. The molecule has 0 aromatic carbocycles. The fourth-order valence-corrected chi connectivity index (χ4v) is 1.99. The molecule has 0 bridgehead atoms. The quantitative estimate of drug-likeness (QED) is 0.764. The monoisotopic (exact) mass is 275 g/mol. The number of aromatic nitrogens is 1. The molecule has 0 spiro atoms. The van der Waals surface area contributed by atoms with Crippen LogP contribution in [0.5, 0.6) is 0 Å². The van der Waals surface area contributed by atoms with Gasteiger partial charge in [-0.15, -0.1) is 0 Å². The van der Waals surface area contributed by atoms with Crippen molar-refractivity contribution in [2.75, 3.05) is 13.6 Å². The first-order valence-corrected chi connectivity index (χ1v) is 7.07. The summed E-state index contributed by atoms with van der Waals surface area (Å²) in [4.78, 5) is 29.1. The van der Waals surface area contributed by atoms with Crippen LogP contribution >= 0.6 is 0 Å². The molecular weight excluding hydrogens is 254 g/mol. The van der Waals surface area contributed by atoms with Gasteiger partial charge in [0.1, 0.15) is 0 Å². The molecule has 2 rings (SSSR count). The smallest absolute Gasteiger partial charge is 0.223 e. The van der Waals surface area contributed by atoms with Crippen molar-refractivity contribution < 1.29 is 9.59 Å². The molecule has 1 aromatic rings. The van der Waals surface area contributed by atoms with E-state index < -0.39 is 0 Å². The average molecular weight is 275 g/mol. The summed E-state index contributed by atoms with van der Waals surface area (Å²) in [5, 5.41) is 2.87. The van der Waals surface area contributed by atoms with Gasteiger partial charge in [0.05, 0.1) is 0 Å². The SMILES string of the molecule is CN(Cc1cccnc1)C(=O)CCCNC(=O)C1CC1. The maximum Gasteiger partial charge on any atom is 0.223 e. The lowest BCUT2D eigenvalue weighted by molar-refractivity contribution is -0.130. The first-order valence-electron chi connectivity index (χ1n) is 7.07. The van der Waals surface area contributed by atoms with Crippen molar-refractivity contribution in [2.24, 2.45) is 5.92 Å². The number of carbonyl (C=O) groups excluding carboxylic acids is 2. The Labute approximate surface area is 119 Å². The Hall–Kier alpha value is -1.91. The van der Waals surface area contributed by atoms with Crippen LogP contribution in [-0.2, 0) is 16.1 Å². The van der Waals surface area contributed by atoms with Crippen LogP contribution in [0.3, 0.4) is 0 Å². The summed E-state index contributed by atoms with van der Waals surface area (Å²) in [6.07, 6.45) is 6.65. The minimum atomic E-state index is 0.0922. The molecule has 1 heterocycles. The molecule has 108 valence electrons. The summed E-state index contributed by atoms with van der Waals surface area (Å²) in [6, 6.07) is 3.81. The summed E-state index contributed by atoms with van der Waals surface area (Å²) < 4.78 is 0. The van der Waals surface area contributed by atoms with E-state index >= 15 is 0 Å². The molecule has 1 aromatic heterocycles. The lowest BCUT2D eigenvalue weighted by atomic mass is 10.2. The Morgan fingerprint density at radius 1 is 1.45 bits per heavy atom. The Bertz CT molecular complexity index is 457. The molecule has 1 aliphatic carbocycles. The number of amides is 2. The molecular formula is C15H21N3O2. The number of hydrogen-bond donors (Lipinski definition) is 1. The van der Waals surface area contributed by atoms with Gasteiger partial charge in [-0.3, -0.25) is 14.6 Å². The molecule has 1 fully saturated rings. The molecule has 0 aliphatic heterocycles. The van der Waals surface area contributed by atoms with E-state index in [1.54, 1.807) is 24.3 Å². The predicted octanol–water partition coefficient (Wildman–Crippen LogP) is 1.35. The molecule has 5 nitrogen and oxygen atoms in total. The van der Waals surface area contributed by atoms with E-state index in [1.807, 2.05) is 12.1 Å². The summed E-state index contributed by atoms with van der Waals surface area (Å²) in [7, 11) is 1.79. The predicted molar refractivity (Wildman–Crippen MR) is 75.7 cm³/mol. The van der Waals surface area contributed by atoms with Crippen molar-refractivity contribution in [3.8, 4) is 0 Å². The first kappa shape index (κ1) is 14.5. The molecule has 2 amide bonds. The largest absolute Gasteiger partial charge is 0.356 e. The highest BCUT2D eigenvalue weighted by Crippen LogP contribution is 2.28. The summed E-state index contributed by atoms with van der Waals surface area (Å²) in [5.41, 5.74) is 1.02. The normalized spacial score (nSPS) is 13.8. The topological polar surface area (TPSA) is 62.3 Å². The van der Waals surface area contributed by atoms with Crippen LogP contribution < -0.4 is 5.32 Å². The van der Waals surface area contributed by atoms with E-state index in [4.69, 9.17) is 0 Å². The van der Waals surface area contributed by atoms with Gasteiger partial charge in [0.25, 0.3) is 0 Å². The second-order valence-electron chi connectivity index (χ2n) is 5.28. The second kappa shape index (κ2) is 7.03. The van der Waals surface area contributed by atoms with Gasteiger partial charge in [-0.05, 0) is 30.9 Å². The lowest BCUT2D eigenvalue weighted by Gasteiger charge is -2.17. The van der Waals surface area contributed by atoms with Crippen LogP contribution in [0.2, 0.25) is 0 Å². The van der Waals surface area contributed by atoms with E-state index in [2.05, 4.69) is 10.3 Å². The van der Waals surface area contributed by atoms with Gasteiger partial charge in [0.15, 0.2) is 0 Å². The second-order valence-corrected chi connectivity index (χ2v) is 5.28. The fourth-order valence-electron chi connectivity index (χ4n) is 1.99. The molecule has 0 radical (unpaired) electrons. The van der Waals surface area contributed by atoms with E-state index in [-0.39, 0.29) is 17.7 Å². The molecule has 1 aliphatic rings. The molecule has 1 saturated carbocycles. The molecule has 0 unspecified atom stereocenters. The highest BCUT2D eigenvalue weighted by Gasteiger charge is 2.28. The maximum absolute atomic E-state index is 11.9. The van der Waals surface area contributed by atoms with Crippen LogP contribution in [0.1, 0.15) is 31.2 Å². The van der Waals surface area contributed by atoms with Crippen LogP contribution in [0.15, 0.2) is 24.5 Å². The van der Waals surface area contributed by atoms with Crippen LogP contribution in [0.25, 0.3) is 0 Å². The Kier molecular flexibility index (Phi) is 5.09. The van der Waals surface area contributed by atoms with E-state index in [9.17, 15) is 9.59 Å². The van der Waals surface area contributed by atoms with Crippen LogP contribution in [0, 0.1) is 5.92 Å². The minimum absolute atomic E-state index is 0.0922. The Morgan fingerprint density at radius 3 is 2.90 bits per heavy atom. The Morgan fingerprint density at radius 2 is 2.25 bits per heavy atom. The molecule has 1 N–H and O–H groups in total. The van der Waals surface area contributed by atoms with Gasteiger partial charge in [-0.25, -0.2) is 0 Å². The molecule has 0 atom stereocenters. The van der Waals surface area contributed by atoms with Gasteiger partial charge in [0, 0.05) is 44.9 Å². The zero-order valence-corrected chi connectivity index (χ0v) is 11.8. The Balaban J connectivity index is 1.62. The van der Waals surface area contributed by atoms with E-state index in [1.165, 1.54) is 0 Å². The van der Waals surface area contributed by atoms with Crippen molar-refractivity contribution in [1.82, 2.24) is 15.2 Å². The van der Waals surface area contributed by atoms with E-state index in [0.29, 0.717) is 25.9 Å². The standard InChI is InChI=1S/C15H21N3O2/c1-18(11-12-4-2-8-16-10-12)14(19)5-3-9-17-15(20)13-6-7-13/h2,4,8,10,13H,3,5-7,9,11H2,1H3,(H,17,20). The molecule has 20 heavy (non-hydrogen) atoms. The minimum Gasteiger partial charge on any atom is -0.356 e. The summed E-state index contributed by atoms with van der Waals surface area (Å²) in [5.74, 6) is 0.467. The number of pyridine rings is 1. The fraction of sp³-hybridized carbons (Fsp3) is 0.533. The molecule has 5 heteroatoms. The maximum atomic E-state index is 11.9. The average Bonchev–Trinajstić information content (AvgIpc) is 3.28. The highest BCUT2D eigenvalue weighted by molar-refractivity contribution is 5.81. The first-order chi connectivity index (χ1) is 9.66. The van der Waals surface area contributed by atoms with Crippen LogP contribution in [0.4, 0.5) is 0 Å². The third-order valence-electron chi connectivity index (χ3n) is 3.38. The van der Waals surface area contributed by atoms with Crippen molar-refractivity contribution in [3.63, 3.8) is 0 Å². The van der Waals surface area contributed by atoms with Gasteiger partial charge in [-0.1, -0.05) is 6.07 Å². The van der Waals surface area contributed by atoms with Crippen molar-refractivity contribution >= 4 is 11.8 Å². The number of carbonyl (C=O) groups is 2. The van der Waals surface area contributed by atoms with Gasteiger partial charge >= 0.3 is 0 Å². The third-order valence-corrected chi connectivity index (χ3v) is 3.38. The van der Waals surface area contributed by atoms with Gasteiger partial charge in [-0.2, -0.15) is 0 Å². The zero-order chi connectivity index (χ0) is 14.4. The van der Waals surface area contributed by atoms with Crippen LogP contribution in [-0.4, -0.2) is 35.3 Å². The van der Waals surface area contributed by atoms with Gasteiger partial charge < -0.3 is 10.2 Å². The van der Waals surface area contributed by atoms with E-state index in [0.717, 1.165) is 18.4 Å². The summed E-state index contributed by atoms with van der Waals surface area (Å²) >= 11 is 0. The van der Waals surface area contributed by atoms with Crippen molar-refractivity contribution in [1.29, 1.82) is 0 Å². The number of nitrogens with zero attached hydrogens (tertiary/aromatic N) is 2. The number of hydrogen-bond acceptors (Lipinski definition) is 3. The van der Waals surface area contributed by atoms with Gasteiger partial charge in [0.2, 0.25) is 11.8 Å². The summed E-state index contributed by atoms with van der Waals surface area (Å²) in [6.45, 7) is 1.16. The zero-order valence-electron chi connectivity index (χ0n) is 11.8. The lowest BCUT2D eigenvalue weighted by Crippen LogP contribution is -2.29. The molecule has 0 saturated heterocycles.